The van der Waals surface area contributed by atoms with Crippen LogP contribution in [-0.2, 0) is 0 Å². The molecule has 0 bridgehead atoms. The predicted octanol–water partition coefficient (Wildman–Crippen LogP) is 5.21. The number of carbonyl (C=O) groups is 2. The van der Waals surface area contributed by atoms with Crippen molar-refractivity contribution in [1.82, 2.24) is 0 Å². The Morgan fingerprint density at radius 2 is 1.42 bits per heavy atom. The number of aromatic hydroxyl groups is 5. The molecule has 0 aromatic heterocycles. The molecule has 1 heterocycles. The van der Waals surface area contributed by atoms with E-state index in [9.17, 15) is 35.1 Å². The fourth-order valence-corrected chi connectivity index (χ4v) is 4.47. The third kappa shape index (κ3) is 4.62. The minimum absolute atomic E-state index is 0.00108. The molecule has 4 aromatic carbocycles. The van der Waals surface area contributed by atoms with Crippen LogP contribution in [0.15, 0.2) is 84.9 Å². The Morgan fingerprint density at radius 3 is 2.16 bits per heavy atom. The van der Waals surface area contributed by atoms with Crippen LogP contribution in [0, 0.1) is 0 Å². The molecule has 8 heteroatoms. The first kappa shape index (κ1) is 24.5. The summed E-state index contributed by atoms with van der Waals surface area (Å²) in [6, 6.07) is 18.5. The molecule has 0 fully saturated rings. The van der Waals surface area contributed by atoms with Gasteiger partial charge in [-0.3, -0.25) is 9.59 Å². The number of phenols is 5. The molecule has 5 rings (SSSR count). The van der Waals surface area contributed by atoms with Crippen LogP contribution in [-0.4, -0.2) is 37.1 Å². The number of ketones is 2. The maximum Gasteiger partial charge on any atom is 0.189 e. The van der Waals surface area contributed by atoms with Gasteiger partial charge in [-0.05, 0) is 65.7 Å². The second-order valence-corrected chi connectivity index (χ2v) is 8.87. The first-order valence-electron chi connectivity index (χ1n) is 11.6. The Kier molecular flexibility index (Phi) is 6.22. The van der Waals surface area contributed by atoms with E-state index in [2.05, 4.69) is 0 Å². The van der Waals surface area contributed by atoms with Crippen LogP contribution in [0.1, 0.15) is 49.4 Å². The molecule has 0 radical (unpaired) electrons. The summed E-state index contributed by atoms with van der Waals surface area (Å²) in [5.41, 5.74) is 1.56. The Bertz CT molecular complexity index is 1590. The number of hydrogen-bond acceptors (Lipinski definition) is 8. The molecular formula is C30H22O8. The van der Waals surface area contributed by atoms with Gasteiger partial charge in [-0.25, -0.2) is 0 Å². The van der Waals surface area contributed by atoms with Crippen LogP contribution in [0.25, 0.3) is 6.08 Å². The van der Waals surface area contributed by atoms with Crippen molar-refractivity contribution in [2.75, 3.05) is 0 Å². The molecular weight excluding hydrogens is 488 g/mol. The molecule has 190 valence electrons. The van der Waals surface area contributed by atoms with Crippen molar-refractivity contribution in [2.45, 2.75) is 12.0 Å². The molecule has 0 amide bonds. The number of benzene rings is 4. The zero-order valence-electron chi connectivity index (χ0n) is 19.8. The highest BCUT2D eigenvalue weighted by atomic mass is 16.5. The van der Waals surface area contributed by atoms with Crippen molar-refractivity contribution in [3.8, 4) is 34.5 Å². The van der Waals surface area contributed by atoms with E-state index in [4.69, 9.17) is 4.74 Å². The van der Waals surface area contributed by atoms with Gasteiger partial charge in [0.05, 0.1) is 17.0 Å². The standard InChI is InChI=1S/C30H22O8/c31-18-5-3-17(4-6-18)30-28(29(37)22-10-8-20(33)15-27(22)38-30)23-13-16(2-12-25(23)35)1-11-24(34)21-9-7-19(32)14-26(21)36/h1-15,28,30-33,35-36H/b11-1+/t28-,30+/m0/s1. The molecule has 0 saturated carbocycles. The Balaban J connectivity index is 1.55. The van der Waals surface area contributed by atoms with Crippen LogP contribution in [0.4, 0.5) is 0 Å². The van der Waals surface area contributed by atoms with E-state index in [0.29, 0.717) is 11.1 Å². The van der Waals surface area contributed by atoms with Crippen molar-refractivity contribution >= 4 is 17.6 Å². The molecule has 1 aliphatic heterocycles. The normalized spacial score (nSPS) is 16.7. The molecule has 5 N–H and O–H groups in total. The zero-order chi connectivity index (χ0) is 27.0. The van der Waals surface area contributed by atoms with Crippen molar-refractivity contribution in [3.63, 3.8) is 0 Å². The fraction of sp³-hybridized carbons (Fsp3) is 0.0667. The maximum absolute atomic E-state index is 13.7. The minimum atomic E-state index is -0.984. The Hall–Kier alpha value is -5.24. The number of fused-ring (bicyclic) bond motifs is 1. The second kappa shape index (κ2) is 9.67. The summed E-state index contributed by atoms with van der Waals surface area (Å²) in [6.45, 7) is 0. The highest BCUT2D eigenvalue weighted by Crippen LogP contribution is 2.47. The zero-order valence-corrected chi connectivity index (χ0v) is 19.8. The lowest BCUT2D eigenvalue weighted by Crippen LogP contribution is -2.30. The lowest BCUT2D eigenvalue weighted by molar-refractivity contribution is 0.0777. The molecule has 1 aliphatic rings. The van der Waals surface area contributed by atoms with Gasteiger partial charge in [0, 0.05) is 17.7 Å². The van der Waals surface area contributed by atoms with Crippen LogP contribution >= 0.6 is 0 Å². The third-order valence-corrected chi connectivity index (χ3v) is 6.35. The summed E-state index contributed by atoms with van der Waals surface area (Å²) >= 11 is 0. The number of ether oxygens (including phenoxy) is 1. The van der Waals surface area contributed by atoms with E-state index < -0.39 is 17.8 Å². The summed E-state index contributed by atoms with van der Waals surface area (Å²) in [6.07, 6.45) is 1.82. The van der Waals surface area contributed by atoms with Gasteiger partial charge in [0.15, 0.2) is 11.6 Å². The average Bonchev–Trinajstić information content (AvgIpc) is 2.88. The van der Waals surface area contributed by atoms with Crippen LogP contribution in [0.5, 0.6) is 34.5 Å². The molecule has 0 spiro atoms. The maximum atomic E-state index is 13.7. The largest absolute Gasteiger partial charge is 0.508 e. The van der Waals surface area contributed by atoms with Gasteiger partial charge < -0.3 is 30.3 Å². The smallest absolute Gasteiger partial charge is 0.189 e. The molecule has 0 unspecified atom stereocenters. The van der Waals surface area contributed by atoms with E-state index in [1.165, 1.54) is 60.7 Å². The number of carbonyl (C=O) groups excluding carboxylic acids is 2. The van der Waals surface area contributed by atoms with E-state index in [1.807, 2.05) is 0 Å². The van der Waals surface area contributed by atoms with Crippen molar-refractivity contribution in [2.24, 2.45) is 0 Å². The van der Waals surface area contributed by atoms with Crippen LogP contribution in [0.3, 0.4) is 0 Å². The quantitative estimate of drug-likeness (QED) is 0.182. The van der Waals surface area contributed by atoms with E-state index in [-0.39, 0.29) is 57.0 Å². The molecule has 0 aliphatic carbocycles. The van der Waals surface area contributed by atoms with Gasteiger partial charge in [0.25, 0.3) is 0 Å². The number of phenolic OH excluding ortho intramolecular Hbond substituents is 5. The summed E-state index contributed by atoms with van der Waals surface area (Å²) in [4.78, 5) is 26.3. The number of allylic oxidation sites excluding steroid dienone is 1. The number of Topliss-reactive ketones (excluding diaryl/α,β-unsaturated/α-hetero) is 1. The van der Waals surface area contributed by atoms with E-state index in [1.54, 1.807) is 24.3 Å². The van der Waals surface area contributed by atoms with Crippen molar-refractivity contribution in [1.29, 1.82) is 0 Å². The molecule has 2 atom stereocenters. The molecule has 8 nitrogen and oxygen atoms in total. The highest BCUT2D eigenvalue weighted by Gasteiger charge is 2.40. The molecule has 4 aromatic rings. The van der Waals surface area contributed by atoms with Crippen LogP contribution < -0.4 is 4.74 Å². The molecule has 0 saturated heterocycles. The SMILES string of the molecule is O=C(/C=C/c1ccc(O)c([C@H]2C(=O)c3ccc(O)cc3O[C@@H]2c2ccc(O)cc2)c1)c1ccc(O)cc1O. The average molecular weight is 510 g/mol. The van der Waals surface area contributed by atoms with Gasteiger partial charge in [0.1, 0.15) is 40.6 Å². The Morgan fingerprint density at radius 1 is 0.737 bits per heavy atom. The Labute approximate surface area is 217 Å². The van der Waals surface area contributed by atoms with Gasteiger partial charge in [-0.1, -0.05) is 24.3 Å². The fourth-order valence-electron chi connectivity index (χ4n) is 4.47. The highest BCUT2D eigenvalue weighted by molar-refractivity contribution is 6.09. The third-order valence-electron chi connectivity index (χ3n) is 6.35. The lowest BCUT2D eigenvalue weighted by Gasteiger charge is -2.33. The first-order chi connectivity index (χ1) is 18.2. The van der Waals surface area contributed by atoms with Gasteiger partial charge in [-0.2, -0.15) is 0 Å². The van der Waals surface area contributed by atoms with Crippen molar-refractivity contribution in [3.05, 3.63) is 113 Å². The number of hydrogen-bond donors (Lipinski definition) is 5. The summed E-state index contributed by atoms with van der Waals surface area (Å²) in [7, 11) is 0. The minimum Gasteiger partial charge on any atom is -0.508 e. The topological polar surface area (TPSA) is 145 Å². The monoisotopic (exact) mass is 510 g/mol. The molecule has 38 heavy (non-hydrogen) atoms. The van der Waals surface area contributed by atoms with Gasteiger partial charge in [-0.15, -0.1) is 0 Å². The second-order valence-electron chi connectivity index (χ2n) is 8.87. The van der Waals surface area contributed by atoms with Crippen molar-refractivity contribution < 1.29 is 39.9 Å². The summed E-state index contributed by atoms with van der Waals surface area (Å²) in [5.74, 6) is -2.37. The van der Waals surface area contributed by atoms with E-state index >= 15 is 0 Å². The van der Waals surface area contributed by atoms with Crippen LogP contribution in [0.2, 0.25) is 0 Å². The van der Waals surface area contributed by atoms with Gasteiger partial charge >= 0.3 is 0 Å². The van der Waals surface area contributed by atoms with Gasteiger partial charge in [0.2, 0.25) is 0 Å². The summed E-state index contributed by atoms with van der Waals surface area (Å²) in [5, 5.41) is 49.9. The van der Waals surface area contributed by atoms with E-state index in [0.717, 1.165) is 6.07 Å². The predicted molar refractivity (Wildman–Crippen MR) is 138 cm³/mol. The summed E-state index contributed by atoms with van der Waals surface area (Å²) < 4.78 is 6.16. The lowest BCUT2D eigenvalue weighted by atomic mass is 9.80. The first-order valence-corrected chi connectivity index (χ1v) is 11.6. The number of rotatable bonds is 5.